The number of hydrogen-bond acceptors (Lipinski definition) is 2. The standard InChI is InChI=1S/C33H34S.C13H22.C3H8S.C2H6.C2H2/c1-5-8-10-11-12-16-26(4)22-23-27(7-3)28(17-9-6-2)24-25-29-18-15-20-31-30-19-13-14-21-32(30)34-33(29)31;1-5-6-10-13(4)11-8-7-9-12(2)3;1-3-4-2;2*1-2/h5,7-15,17-24H,1,3,6,16,25H2,2,4H3;6-10,13H,5,11H2,1-4H3;3H2,1-2H3;1-2H3;1-2H/b10-8-,12-11-,17-9-,26-22+,27-23+,28-24+;8-7-,10-6-;;;. The van der Waals surface area contributed by atoms with Crippen LogP contribution < -0.4 is 0 Å². The third-order valence-corrected chi connectivity index (χ3v) is 9.50. The minimum atomic E-state index is 0.668. The molecule has 0 aliphatic heterocycles. The Kier molecular flexibility index (Phi) is 35.2. The highest BCUT2D eigenvalue weighted by Crippen LogP contribution is 2.36. The Balaban J connectivity index is 0. The monoisotopic (exact) mass is 773 g/mol. The molecule has 0 nitrogen and oxygen atoms in total. The Morgan fingerprint density at radius 2 is 1.45 bits per heavy atom. The number of rotatable bonds is 17. The van der Waals surface area contributed by atoms with Crippen LogP contribution in [0.2, 0.25) is 0 Å². The average molecular weight is 773 g/mol. The molecule has 55 heavy (non-hydrogen) atoms. The van der Waals surface area contributed by atoms with Crippen molar-refractivity contribution >= 4 is 43.3 Å². The van der Waals surface area contributed by atoms with Crippen LogP contribution in [0.15, 0.2) is 175 Å². The highest BCUT2D eigenvalue weighted by Gasteiger charge is 2.08. The molecule has 0 amide bonds. The quantitative estimate of drug-likeness (QED) is 0.0748. The van der Waals surface area contributed by atoms with E-state index in [1.165, 1.54) is 48.2 Å². The summed E-state index contributed by atoms with van der Waals surface area (Å²) in [7, 11) is 0. The molecule has 0 radical (unpaired) electrons. The van der Waals surface area contributed by atoms with Crippen molar-refractivity contribution in [1.82, 2.24) is 0 Å². The summed E-state index contributed by atoms with van der Waals surface area (Å²) < 4.78 is 2.73. The topological polar surface area (TPSA) is 0 Å². The minimum absolute atomic E-state index is 0.668. The largest absolute Gasteiger partial charge is 0.166 e. The molecule has 3 rings (SSSR count). The summed E-state index contributed by atoms with van der Waals surface area (Å²) in [5.41, 5.74) is 6.38. The molecule has 0 bridgehead atoms. The first-order chi connectivity index (χ1) is 26.8. The van der Waals surface area contributed by atoms with E-state index in [0.717, 1.165) is 37.7 Å². The van der Waals surface area contributed by atoms with E-state index in [1.54, 1.807) is 6.08 Å². The zero-order valence-electron chi connectivity index (χ0n) is 36.0. The van der Waals surface area contributed by atoms with E-state index in [4.69, 9.17) is 0 Å². The van der Waals surface area contributed by atoms with Gasteiger partial charge < -0.3 is 0 Å². The smallest absolute Gasteiger partial charge is 0.0390 e. The zero-order valence-corrected chi connectivity index (χ0v) is 37.6. The molecule has 3 aromatic rings. The molecule has 2 heteroatoms. The number of allylic oxidation sites excluding steroid dienone is 20. The van der Waals surface area contributed by atoms with Crippen LogP contribution in [-0.2, 0) is 6.42 Å². The molecule has 1 aromatic heterocycles. The molecule has 0 spiro atoms. The van der Waals surface area contributed by atoms with Crippen LogP contribution in [0.5, 0.6) is 0 Å². The molecule has 0 N–H and O–H groups in total. The summed E-state index contributed by atoms with van der Waals surface area (Å²) in [6, 6.07) is 15.4. The first-order valence-corrected chi connectivity index (χ1v) is 22.0. The molecule has 0 saturated carbocycles. The summed E-state index contributed by atoms with van der Waals surface area (Å²) in [4.78, 5) is 0. The molecule has 0 aliphatic carbocycles. The number of fused-ring (bicyclic) bond motifs is 3. The van der Waals surface area contributed by atoms with E-state index >= 15 is 0 Å². The molecule has 0 saturated heterocycles. The highest BCUT2D eigenvalue weighted by atomic mass is 32.2. The second-order valence-corrected chi connectivity index (χ2v) is 14.7. The van der Waals surface area contributed by atoms with Crippen LogP contribution >= 0.6 is 23.1 Å². The van der Waals surface area contributed by atoms with Gasteiger partial charge >= 0.3 is 0 Å². The van der Waals surface area contributed by atoms with E-state index < -0.39 is 0 Å². The van der Waals surface area contributed by atoms with Gasteiger partial charge in [0, 0.05) is 20.2 Å². The van der Waals surface area contributed by atoms with Crippen molar-refractivity contribution in [2.24, 2.45) is 5.92 Å². The number of thiophene rings is 1. The van der Waals surface area contributed by atoms with Crippen molar-refractivity contribution in [3.8, 4) is 12.8 Å². The van der Waals surface area contributed by atoms with Crippen LogP contribution in [-0.4, -0.2) is 12.0 Å². The van der Waals surface area contributed by atoms with E-state index in [1.807, 2.05) is 55.2 Å². The fourth-order valence-corrected chi connectivity index (χ4v) is 6.00. The van der Waals surface area contributed by atoms with Gasteiger partial charge in [0.2, 0.25) is 0 Å². The first kappa shape index (κ1) is 52.8. The predicted molar refractivity (Wildman–Crippen MR) is 263 cm³/mol. The highest BCUT2D eigenvalue weighted by molar-refractivity contribution is 7.98. The maximum absolute atomic E-state index is 4.09. The average Bonchev–Trinajstić information content (AvgIpc) is 3.60. The van der Waals surface area contributed by atoms with E-state index in [-0.39, 0.29) is 0 Å². The minimum Gasteiger partial charge on any atom is -0.166 e. The fraction of sp³-hybridized carbons (Fsp3) is 0.321. The van der Waals surface area contributed by atoms with Crippen molar-refractivity contribution in [3.63, 3.8) is 0 Å². The molecule has 0 aliphatic rings. The van der Waals surface area contributed by atoms with Crippen molar-refractivity contribution < 1.29 is 0 Å². The summed E-state index contributed by atoms with van der Waals surface area (Å²) in [5.74, 6) is 1.90. The molecule has 1 heterocycles. The molecule has 1 atom stereocenters. The lowest BCUT2D eigenvalue weighted by Gasteiger charge is -2.06. The lowest BCUT2D eigenvalue weighted by Crippen LogP contribution is -1.88. The number of hydrogen-bond donors (Lipinski definition) is 0. The van der Waals surface area contributed by atoms with E-state index in [2.05, 4.69) is 196 Å². The van der Waals surface area contributed by atoms with Crippen LogP contribution in [0.1, 0.15) is 93.6 Å². The van der Waals surface area contributed by atoms with Crippen molar-refractivity contribution in [3.05, 3.63) is 181 Å². The van der Waals surface area contributed by atoms with E-state index in [0.29, 0.717) is 5.92 Å². The summed E-state index contributed by atoms with van der Waals surface area (Å²) in [6.45, 7) is 26.9. The lowest BCUT2D eigenvalue weighted by molar-refractivity contribution is 0.741. The Morgan fingerprint density at radius 3 is 2.07 bits per heavy atom. The summed E-state index contributed by atoms with van der Waals surface area (Å²) in [5, 5.41) is 2.70. The van der Waals surface area contributed by atoms with E-state index in [9.17, 15) is 0 Å². The second-order valence-electron chi connectivity index (χ2n) is 12.5. The second kappa shape index (κ2) is 36.7. The maximum atomic E-state index is 4.09. The lowest BCUT2D eigenvalue weighted by atomic mass is 10.00. The van der Waals surface area contributed by atoms with Gasteiger partial charge in [-0.3, -0.25) is 0 Å². The molecular formula is C53H72S2. The van der Waals surface area contributed by atoms with Gasteiger partial charge in [0.25, 0.3) is 0 Å². The SMILES string of the molecule is C#C.C=C/C=C\C=C/C/C(C)=C/C=C(C=C)/C(/C=C\CC)=C/Cc1cccc2c1sc1ccccc12.CC.CC/C=C\C(C)C/C=C\C=C(C)C.CCSC. The molecular weight excluding hydrogens is 701 g/mol. The summed E-state index contributed by atoms with van der Waals surface area (Å²) in [6.07, 6.45) is 49.3. The Hall–Kier alpha value is -4.29. The van der Waals surface area contributed by atoms with Gasteiger partial charge in [-0.15, -0.1) is 24.2 Å². The van der Waals surface area contributed by atoms with Crippen molar-refractivity contribution in [2.45, 2.75) is 94.4 Å². The van der Waals surface area contributed by atoms with Gasteiger partial charge in [0.15, 0.2) is 0 Å². The fourth-order valence-electron chi connectivity index (χ4n) is 4.77. The van der Waals surface area contributed by atoms with Crippen LogP contribution in [0.3, 0.4) is 0 Å². The van der Waals surface area contributed by atoms with Crippen LogP contribution in [0.4, 0.5) is 0 Å². The third kappa shape index (κ3) is 24.7. The van der Waals surface area contributed by atoms with Gasteiger partial charge in [-0.25, -0.2) is 0 Å². The zero-order chi connectivity index (χ0) is 41.7. The Bertz CT molecular complexity index is 1760. The summed E-state index contributed by atoms with van der Waals surface area (Å²) >= 11 is 3.75. The van der Waals surface area contributed by atoms with Crippen molar-refractivity contribution in [2.75, 3.05) is 12.0 Å². The number of thioether (sulfide) groups is 1. The number of terminal acetylenes is 1. The van der Waals surface area contributed by atoms with Crippen LogP contribution in [0, 0.1) is 18.8 Å². The maximum Gasteiger partial charge on any atom is 0.0390 e. The first-order valence-electron chi connectivity index (χ1n) is 19.7. The Labute approximate surface area is 347 Å². The van der Waals surface area contributed by atoms with Gasteiger partial charge in [-0.2, -0.15) is 11.8 Å². The normalized spacial score (nSPS) is 12.5. The van der Waals surface area contributed by atoms with Gasteiger partial charge in [-0.1, -0.05) is 199 Å². The van der Waals surface area contributed by atoms with Crippen LogP contribution in [0.25, 0.3) is 20.2 Å². The predicted octanol–water partition coefficient (Wildman–Crippen LogP) is 17.4. The van der Waals surface area contributed by atoms with Gasteiger partial charge in [0.05, 0.1) is 0 Å². The Morgan fingerprint density at radius 1 is 0.782 bits per heavy atom. The molecule has 296 valence electrons. The number of benzene rings is 2. The third-order valence-electron chi connectivity index (χ3n) is 7.66. The van der Waals surface area contributed by atoms with Gasteiger partial charge in [-0.05, 0) is 93.6 Å². The van der Waals surface area contributed by atoms with Gasteiger partial charge in [0.1, 0.15) is 0 Å². The molecule has 0 fully saturated rings. The molecule has 1 unspecified atom stereocenters. The molecule has 2 aromatic carbocycles. The van der Waals surface area contributed by atoms with Crippen molar-refractivity contribution in [1.29, 1.82) is 0 Å².